The molecule has 0 unspecified atom stereocenters. The summed E-state index contributed by atoms with van der Waals surface area (Å²) in [5, 5.41) is 11.1. The Morgan fingerprint density at radius 2 is 1.62 bits per heavy atom. The fourth-order valence-electron chi connectivity index (χ4n) is 2.74. The lowest BCUT2D eigenvalue weighted by atomic mass is 9.99. The van der Waals surface area contributed by atoms with E-state index in [0.29, 0.717) is 5.56 Å². The first-order valence-electron chi connectivity index (χ1n) is 8.08. The molecule has 130 valence electrons. The Balaban J connectivity index is 1.78. The molecule has 0 atom stereocenters. The summed E-state index contributed by atoms with van der Waals surface area (Å²) in [6.45, 7) is 0. The molecule has 0 spiro atoms. The lowest BCUT2D eigenvalue weighted by Gasteiger charge is -2.06. The molecule has 5 heteroatoms. The Labute approximate surface area is 151 Å². The van der Waals surface area contributed by atoms with Crippen molar-refractivity contribution in [2.45, 2.75) is 6.42 Å². The summed E-state index contributed by atoms with van der Waals surface area (Å²) in [6.07, 6.45) is 0.179. The molecule has 0 fully saturated rings. The lowest BCUT2D eigenvalue weighted by molar-refractivity contribution is -0.385. The Hall–Kier alpha value is -3.47. The van der Waals surface area contributed by atoms with Crippen molar-refractivity contribution < 1.29 is 14.5 Å². The van der Waals surface area contributed by atoms with Crippen molar-refractivity contribution in [1.82, 2.24) is 0 Å². The predicted octanol–water partition coefficient (Wildman–Crippen LogP) is 4.70. The zero-order valence-electron chi connectivity index (χ0n) is 14.2. The first-order chi connectivity index (χ1) is 12.6. The van der Waals surface area contributed by atoms with Crippen LogP contribution in [-0.4, -0.2) is 17.8 Å². The van der Waals surface area contributed by atoms with E-state index in [1.165, 1.54) is 19.2 Å². The molecular weight excluding hydrogens is 330 g/mol. The van der Waals surface area contributed by atoms with E-state index in [-0.39, 0.29) is 23.6 Å². The second-order valence-electron chi connectivity index (χ2n) is 5.81. The van der Waals surface area contributed by atoms with Crippen LogP contribution in [-0.2, 0) is 6.42 Å². The Morgan fingerprint density at radius 1 is 0.962 bits per heavy atom. The van der Waals surface area contributed by atoms with Crippen molar-refractivity contribution in [2.75, 3.05) is 7.11 Å². The molecule has 0 aliphatic rings. The van der Waals surface area contributed by atoms with Gasteiger partial charge in [-0.3, -0.25) is 14.9 Å². The fraction of sp³-hybridized carbons (Fsp3) is 0.0952. The highest BCUT2D eigenvalue weighted by Crippen LogP contribution is 2.28. The van der Waals surface area contributed by atoms with Crippen LogP contribution in [0.25, 0.3) is 11.1 Å². The monoisotopic (exact) mass is 347 g/mol. The molecule has 3 aromatic rings. The van der Waals surface area contributed by atoms with Gasteiger partial charge in [0.05, 0.1) is 12.0 Å². The molecular formula is C21H17NO4. The van der Waals surface area contributed by atoms with Gasteiger partial charge in [0.25, 0.3) is 0 Å². The third kappa shape index (κ3) is 3.78. The summed E-state index contributed by atoms with van der Waals surface area (Å²) in [5.41, 5.74) is 3.12. The topological polar surface area (TPSA) is 69.4 Å². The first kappa shape index (κ1) is 17.4. The van der Waals surface area contributed by atoms with Crippen molar-refractivity contribution in [1.29, 1.82) is 0 Å². The molecule has 0 heterocycles. The van der Waals surface area contributed by atoms with Gasteiger partial charge in [-0.05, 0) is 28.8 Å². The van der Waals surface area contributed by atoms with E-state index in [0.717, 1.165) is 16.7 Å². The zero-order chi connectivity index (χ0) is 18.5. The molecule has 0 amide bonds. The fourth-order valence-corrected chi connectivity index (χ4v) is 2.74. The van der Waals surface area contributed by atoms with E-state index < -0.39 is 4.92 Å². The second-order valence-corrected chi connectivity index (χ2v) is 5.81. The number of rotatable bonds is 6. The van der Waals surface area contributed by atoms with Gasteiger partial charge in [-0.2, -0.15) is 0 Å². The van der Waals surface area contributed by atoms with E-state index in [2.05, 4.69) is 0 Å². The van der Waals surface area contributed by atoms with Crippen molar-refractivity contribution in [3.8, 4) is 16.9 Å². The molecule has 0 aromatic heterocycles. The molecule has 0 saturated heterocycles. The summed E-state index contributed by atoms with van der Waals surface area (Å²) in [6, 6.07) is 22.0. The van der Waals surface area contributed by atoms with Crippen LogP contribution < -0.4 is 4.74 Å². The third-order valence-electron chi connectivity index (χ3n) is 4.12. The van der Waals surface area contributed by atoms with Crippen LogP contribution in [0.2, 0.25) is 0 Å². The molecule has 3 rings (SSSR count). The van der Waals surface area contributed by atoms with Gasteiger partial charge in [0.1, 0.15) is 0 Å². The van der Waals surface area contributed by atoms with Gasteiger partial charge in [0, 0.05) is 18.1 Å². The number of carbonyl (C=O) groups is 1. The van der Waals surface area contributed by atoms with Gasteiger partial charge in [0.2, 0.25) is 0 Å². The maximum atomic E-state index is 12.5. The van der Waals surface area contributed by atoms with Gasteiger partial charge in [-0.1, -0.05) is 54.6 Å². The van der Waals surface area contributed by atoms with Crippen LogP contribution in [0.5, 0.6) is 5.75 Å². The predicted molar refractivity (Wildman–Crippen MR) is 99.6 cm³/mol. The summed E-state index contributed by atoms with van der Waals surface area (Å²) in [5.74, 6) is -0.0398. The largest absolute Gasteiger partial charge is 0.490 e. The summed E-state index contributed by atoms with van der Waals surface area (Å²) < 4.78 is 4.96. The molecule has 0 bridgehead atoms. The lowest BCUT2D eigenvalue weighted by Crippen LogP contribution is -2.05. The molecule has 0 N–H and O–H groups in total. The SMILES string of the molecule is COc1ccc(C(=O)Cc2ccc(-c3ccccc3)cc2)cc1[N+](=O)[O-]. The van der Waals surface area contributed by atoms with Crippen LogP contribution in [0, 0.1) is 10.1 Å². The first-order valence-corrected chi connectivity index (χ1v) is 8.08. The maximum Gasteiger partial charge on any atom is 0.311 e. The summed E-state index contributed by atoms with van der Waals surface area (Å²) in [4.78, 5) is 23.0. The number of Topliss-reactive ketones (excluding diaryl/α,β-unsaturated/α-hetero) is 1. The zero-order valence-corrected chi connectivity index (χ0v) is 14.2. The highest BCUT2D eigenvalue weighted by molar-refractivity contribution is 5.98. The number of nitro benzene ring substituents is 1. The molecule has 0 radical (unpaired) electrons. The van der Waals surface area contributed by atoms with Gasteiger partial charge < -0.3 is 4.74 Å². The number of methoxy groups -OCH3 is 1. The van der Waals surface area contributed by atoms with Crippen LogP contribution in [0.3, 0.4) is 0 Å². The highest BCUT2D eigenvalue weighted by atomic mass is 16.6. The smallest absolute Gasteiger partial charge is 0.311 e. The molecule has 0 aliphatic heterocycles. The third-order valence-corrected chi connectivity index (χ3v) is 4.12. The number of nitro groups is 1. The van der Waals surface area contributed by atoms with Gasteiger partial charge >= 0.3 is 5.69 Å². The van der Waals surface area contributed by atoms with Crippen molar-refractivity contribution in [2.24, 2.45) is 0 Å². The Kier molecular flexibility index (Phi) is 5.08. The van der Waals surface area contributed by atoms with E-state index in [9.17, 15) is 14.9 Å². The molecule has 3 aromatic carbocycles. The van der Waals surface area contributed by atoms with Gasteiger partial charge in [-0.25, -0.2) is 0 Å². The maximum absolute atomic E-state index is 12.5. The number of hydrogen-bond donors (Lipinski definition) is 0. The summed E-state index contributed by atoms with van der Waals surface area (Å²) >= 11 is 0. The number of nitrogens with zero attached hydrogens (tertiary/aromatic N) is 1. The van der Waals surface area contributed by atoms with Crippen LogP contribution in [0.1, 0.15) is 15.9 Å². The van der Waals surface area contributed by atoms with Crippen LogP contribution >= 0.6 is 0 Å². The van der Waals surface area contributed by atoms with E-state index in [4.69, 9.17) is 4.74 Å². The highest BCUT2D eigenvalue weighted by Gasteiger charge is 2.18. The molecule has 26 heavy (non-hydrogen) atoms. The average Bonchev–Trinajstić information content (AvgIpc) is 2.68. The van der Waals surface area contributed by atoms with Gasteiger partial charge in [-0.15, -0.1) is 0 Å². The quantitative estimate of drug-likeness (QED) is 0.368. The van der Waals surface area contributed by atoms with Crippen molar-refractivity contribution >= 4 is 11.5 Å². The summed E-state index contributed by atoms with van der Waals surface area (Å²) in [7, 11) is 1.36. The van der Waals surface area contributed by atoms with E-state index in [1.807, 2.05) is 54.6 Å². The standard InChI is InChI=1S/C21H17NO4/c1-26-21-12-11-18(14-19(21)22(24)25)20(23)13-15-7-9-17(10-8-15)16-5-3-2-4-6-16/h2-12,14H,13H2,1H3. The molecule has 0 saturated carbocycles. The number of carbonyl (C=O) groups excluding carboxylic acids is 1. The average molecular weight is 347 g/mol. The number of ether oxygens (including phenoxy) is 1. The Morgan fingerprint density at radius 3 is 2.23 bits per heavy atom. The number of benzene rings is 3. The number of ketones is 1. The minimum atomic E-state index is -0.551. The normalized spacial score (nSPS) is 10.3. The van der Waals surface area contributed by atoms with Crippen molar-refractivity contribution in [3.05, 3.63) is 94.0 Å². The van der Waals surface area contributed by atoms with Gasteiger partial charge in [0.15, 0.2) is 11.5 Å². The van der Waals surface area contributed by atoms with E-state index in [1.54, 1.807) is 6.07 Å². The minimum Gasteiger partial charge on any atom is -0.490 e. The molecule has 5 nitrogen and oxygen atoms in total. The van der Waals surface area contributed by atoms with Crippen LogP contribution in [0.4, 0.5) is 5.69 Å². The Bertz CT molecular complexity index is 934. The van der Waals surface area contributed by atoms with Crippen molar-refractivity contribution in [3.63, 3.8) is 0 Å². The second kappa shape index (κ2) is 7.61. The molecule has 0 aliphatic carbocycles. The van der Waals surface area contributed by atoms with Crippen LogP contribution in [0.15, 0.2) is 72.8 Å². The van der Waals surface area contributed by atoms with E-state index >= 15 is 0 Å². The minimum absolute atomic E-state index is 0.138. The number of hydrogen-bond acceptors (Lipinski definition) is 4.